The fourth-order valence-corrected chi connectivity index (χ4v) is 0.354. The van der Waals surface area contributed by atoms with Crippen molar-refractivity contribution < 1.29 is 14.5 Å². The quantitative estimate of drug-likeness (QED) is 0.569. The van der Waals surface area contributed by atoms with E-state index in [-0.39, 0.29) is 24.2 Å². The molecule has 5 nitrogen and oxygen atoms in total. The number of nitrogens with zero attached hydrogens (tertiary/aromatic N) is 1. The van der Waals surface area contributed by atoms with Crippen molar-refractivity contribution in [1.29, 1.82) is 0 Å². The standard InChI is InChI=1S/C4H8ClNO2.C2H7NO.ClH/c1-6(8-2)4(7)3-5;1-3-4-2;/h3H2,1-2H3;3H,1-2H3;1H. The number of rotatable bonds is 3. The zero-order valence-corrected chi connectivity index (χ0v) is 9.74. The molecule has 0 saturated heterocycles. The van der Waals surface area contributed by atoms with Crippen molar-refractivity contribution in [3.05, 3.63) is 0 Å². The molecule has 0 aromatic rings. The van der Waals surface area contributed by atoms with Crippen LogP contribution in [0.15, 0.2) is 0 Å². The Hall–Kier alpha value is -0.0700. The Balaban J connectivity index is -0.000000173. The number of carbonyl (C=O) groups excluding carboxylic acids is 1. The van der Waals surface area contributed by atoms with Crippen molar-refractivity contribution in [2.75, 3.05) is 34.2 Å². The van der Waals surface area contributed by atoms with Crippen LogP contribution in [0.2, 0.25) is 0 Å². The summed E-state index contributed by atoms with van der Waals surface area (Å²) in [5.41, 5.74) is 2.43. The minimum absolute atomic E-state index is 0. The van der Waals surface area contributed by atoms with Crippen molar-refractivity contribution in [3.8, 4) is 0 Å². The van der Waals surface area contributed by atoms with Gasteiger partial charge in [0, 0.05) is 14.1 Å². The van der Waals surface area contributed by atoms with Crippen LogP contribution < -0.4 is 5.48 Å². The second-order valence-corrected chi connectivity index (χ2v) is 1.88. The molecular formula is C6H16Cl2N2O3. The summed E-state index contributed by atoms with van der Waals surface area (Å²) < 4.78 is 0. The van der Waals surface area contributed by atoms with Crippen LogP contribution in [-0.2, 0) is 14.5 Å². The lowest BCUT2D eigenvalue weighted by molar-refractivity contribution is -0.165. The van der Waals surface area contributed by atoms with E-state index >= 15 is 0 Å². The third kappa shape index (κ3) is 14.8. The molecule has 0 bridgehead atoms. The first-order valence-corrected chi connectivity index (χ1v) is 3.73. The number of hydrogen-bond acceptors (Lipinski definition) is 4. The topological polar surface area (TPSA) is 50.8 Å². The van der Waals surface area contributed by atoms with E-state index in [1.165, 1.54) is 14.2 Å². The normalized spacial score (nSPS) is 7.77. The van der Waals surface area contributed by atoms with Gasteiger partial charge >= 0.3 is 0 Å². The average molecular weight is 235 g/mol. The molecule has 0 aromatic heterocycles. The molecule has 0 aliphatic heterocycles. The van der Waals surface area contributed by atoms with Gasteiger partial charge in [-0.15, -0.1) is 24.0 Å². The molecule has 7 heteroatoms. The smallest absolute Gasteiger partial charge is 0.260 e. The number of halogens is 2. The lowest BCUT2D eigenvalue weighted by Crippen LogP contribution is -2.26. The fourth-order valence-electron chi connectivity index (χ4n) is 0.186. The van der Waals surface area contributed by atoms with Crippen LogP contribution in [0, 0.1) is 0 Å². The van der Waals surface area contributed by atoms with Crippen molar-refractivity contribution >= 4 is 29.9 Å². The first kappa shape index (κ1) is 18.7. The summed E-state index contributed by atoms with van der Waals surface area (Å²) in [6, 6.07) is 0. The van der Waals surface area contributed by atoms with Crippen molar-refractivity contribution in [1.82, 2.24) is 10.5 Å². The van der Waals surface area contributed by atoms with Gasteiger partial charge in [-0.1, -0.05) is 0 Å². The maximum Gasteiger partial charge on any atom is 0.260 e. The molecule has 0 aliphatic rings. The summed E-state index contributed by atoms with van der Waals surface area (Å²) in [4.78, 5) is 19.2. The summed E-state index contributed by atoms with van der Waals surface area (Å²) in [6.45, 7) is 0. The molecule has 0 radical (unpaired) electrons. The second-order valence-electron chi connectivity index (χ2n) is 1.62. The number of carbonyl (C=O) groups is 1. The van der Waals surface area contributed by atoms with E-state index in [0.29, 0.717) is 0 Å². The van der Waals surface area contributed by atoms with Crippen LogP contribution in [0.1, 0.15) is 0 Å². The first-order chi connectivity index (χ1) is 5.63. The van der Waals surface area contributed by atoms with E-state index in [1.54, 1.807) is 14.2 Å². The number of hydrogen-bond donors (Lipinski definition) is 1. The monoisotopic (exact) mass is 234 g/mol. The lowest BCUT2D eigenvalue weighted by Gasteiger charge is -2.10. The largest absolute Gasteiger partial charge is 0.305 e. The van der Waals surface area contributed by atoms with Gasteiger partial charge in [-0.25, -0.2) is 10.5 Å². The average Bonchev–Trinajstić information content (AvgIpc) is 2.15. The van der Waals surface area contributed by atoms with Crippen LogP contribution in [0.5, 0.6) is 0 Å². The Morgan fingerprint density at radius 3 is 2.00 bits per heavy atom. The number of alkyl halides is 1. The Labute approximate surface area is 89.6 Å². The van der Waals surface area contributed by atoms with Gasteiger partial charge in [-0.2, -0.15) is 0 Å². The van der Waals surface area contributed by atoms with Gasteiger partial charge in [0.2, 0.25) is 0 Å². The molecule has 0 saturated carbocycles. The molecule has 13 heavy (non-hydrogen) atoms. The molecule has 0 atom stereocenters. The van der Waals surface area contributed by atoms with Crippen LogP contribution >= 0.6 is 24.0 Å². The molecule has 1 amide bonds. The van der Waals surface area contributed by atoms with Gasteiger partial charge in [0.1, 0.15) is 5.88 Å². The van der Waals surface area contributed by atoms with Crippen molar-refractivity contribution in [2.45, 2.75) is 0 Å². The van der Waals surface area contributed by atoms with E-state index in [2.05, 4.69) is 15.2 Å². The molecular weight excluding hydrogens is 219 g/mol. The minimum Gasteiger partial charge on any atom is -0.305 e. The summed E-state index contributed by atoms with van der Waals surface area (Å²) in [7, 11) is 6.19. The highest BCUT2D eigenvalue weighted by Gasteiger charge is 2.02. The first-order valence-electron chi connectivity index (χ1n) is 3.20. The van der Waals surface area contributed by atoms with E-state index < -0.39 is 0 Å². The Bertz CT molecular complexity index is 114. The number of nitrogens with one attached hydrogen (secondary N) is 1. The second kappa shape index (κ2) is 14.5. The number of hydroxylamine groups is 3. The Morgan fingerprint density at radius 2 is 1.92 bits per heavy atom. The van der Waals surface area contributed by atoms with Crippen LogP contribution in [0.3, 0.4) is 0 Å². The molecule has 0 spiro atoms. The van der Waals surface area contributed by atoms with Gasteiger partial charge in [0.15, 0.2) is 0 Å². The summed E-state index contributed by atoms with van der Waals surface area (Å²) in [5, 5.41) is 1.08. The van der Waals surface area contributed by atoms with E-state index in [4.69, 9.17) is 11.6 Å². The van der Waals surface area contributed by atoms with Crippen molar-refractivity contribution in [3.63, 3.8) is 0 Å². The summed E-state index contributed by atoms with van der Waals surface area (Å²) in [5.74, 6) is -0.279. The highest BCUT2D eigenvalue weighted by atomic mass is 35.5. The van der Waals surface area contributed by atoms with Crippen molar-refractivity contribution in [2.24, 2.45) is 0 Å². The van der Waals surface area contributed by atoms with Crippen LogP contribution in [-0.4, -0.2) is 45.2 Å². The highest BCUT2D eigenvalue weighted by molar-refractivity contribution is 6.27. The molecule has 0 aromatic carbocycles. The maximum absolute atomic E-state index is 10.4. The fraction of sp³-hybridized carbons (Fsp3) is 0.833. The Kier molecular flexibility index (Phi) is 20.8. The van der Waals surface area contributed by atoms with Gasteiger partial charge in [0.25, 0.3) is 5.91 Å². The van der Waals surface area contributed by atoms with Gasteiger partial charge < -0.3 is 4.84 Å². The SMILES string of the molecule is CNOC.CON(C)C(=O)CCl.Cl. The van der Waals surface area contributed by atoms with E-state index in [0.717, 1.165) is 5.06 Å². The van der Waals surface area contributed by atoms with Crippen LogP contribution in [0.4, 0.5) is 0 Å². The maximum atomic E-state index is 10.4. The molecule has 0 heterocycles. The molecule has 1 N–H and O–H groups in total. The van der Waals surface area contributed by atoms with Gasteiger partial charge in [-0.05, 0) is 0 Å². The summed E-state index contributed by atoms with van der Waals surface area (Å²) >= 11 is 5.15. The molecule has 82 valence electrons. The molecule has 0 unspecified atom stereocenters. The van der Waals surface area contributed by atoms with Crippen LogP contribution in [0.25, 0.3) is 0 Å². The third-order valence-electron chi connectivity index (χ3n) is 0.944. The highest BCUT2D eigenvalue weighted by Crippen LogP contribution is 1.85. The third-order valence-corrected chi connectivity index (χ3v) is 1.17. The zero-order chi connectivity index (χ0) is 9.98. The summed E-state index contributed by atoms with van der Waals surface area (Å²) in [6.07, 6.45) is 0. The minimum atomic E-state index is -0.242. The zero-order valence-electron chi connectivity index (χ0n) is 8.17. The van der Waals surface area contributed by atoms with E-state index in [1.807, 2.05) is 0 Å². The molecule has 0 fully saturated rings. The van der Waals surface area contributed by atoms with E-state index in [9.17, 15) is 4.79 Å². The Morgan fingerprint density at radius 1 is 1.54 bits per heavy atom. The molecule has 0 aliphatic carbocycles. The predicted octanol–water partition coefficient (Wildman–Crippen LogP) is 0.434. The predicted molar refractivity (Wildman–Crippen MR) is 53.8 cm³/mol. The van der Waals surface area contributed by atoms with Gasteiger partial charge in [0.05, 0.1) is 14.2 Å². The number of amides is 1. The molecule has 0 rings (SSSR count). The van der Waals surface area contributed by atoms with Gasteiger partial charge in [-0.3, -0.25) is 9.63 Å². The lowest BCUT2D eigenvalue weighted by atomic mass is 10.7.